The van der Waals surface area contributed by atoms with Crippen molar-refractivity contribution in [2.45, 2.75) is 6.42 Å². The van der Waals surface area contributed by atoms with Gasteiger partial charge in [-0.05, 0) is 36.4 Å². The molecule has 3 rings (SSSR count). The minimum Gasteiger partial charge on any atom is -0.497 e. The van der Waals surface area contributed by atoms with Crippen LogP contribution in [0.25, 0.3) is 10.9 Å². The van der Waals surface area contributed by atoms with Crippen molar-refractivity contribution in [3.8, 4) is 11.5 Å². The molecule has 0 saturated carbocycles. The lowest BCUT2D eigenvalue weighted by molar-refractivity contribution is 0.399. The summed E-state index contributed by atoms with van der Waals surface area (Å²) in [6, 6.07) is 10.9. The maximum Gasteiger partial charge on any atom is 0.192 e. The highest BCUT2D eigenvalue weighted by Crippen LogP contribution is 2.28. The van der Waals surface area contributed by atoms with E-state index in [1.807, 2.05) is 18.2 Å². The van der Waals surface area contributed by atoms with Gasteiger partial charge < -0.3 is 26.7 Å². The van der Waals surface area contributed by atoms with Crippen molar-refractivity contribution >= 4 is 28.4 Å². The lowest BCUT2D eigenvalue weighted by atomic mass is 10.1. The van der Waals surface area contributed by atoms with Crippen LogP contribution >= 0.6 is 0 Å². The Morgan fingerprint density at radius 1 is 1.04 bits per heavy atom. The topological polar surface area (TPSA) is 135 Å². The first-order valence-corrected chi connectivity index (χ1v) is 7.87. The molecule has 0 spiro atoms. The van der Waals surface area contributed by atoms with E-state index in [1.165, 1.54) is 0 Å². The monoisotopic (exact) mass is 352 g/mol. The zero-order valence-electron chi connectivity index (χ0n) is 14.6. The van der Waals surface area contributed by atoms with Gasteiger partial charge in [0, 0.05) is 23.1 Å². The molecule has 0 aliphatic carbocycles. The Kier molecular flexibility index (Phi) is 4.74. The highest BCUT2D eigenvalue weighted by Gasteiger charge is 2.12. The molecule has 0 bridgehead atoms. The Morgan fingerprint density at radius 3 is 2.54 bits per heavy atom. The van der Waals surface area contributed by atoms with E-state index in [4.69, 9.17) is 26.7 Å². The van der Waals surface area contributed by atoms with Gasteiger partial charge in [-0.15, -0.1) is 0 Å². The van der Waals surface area contributed by atoms with Gasteiger partial charge in [-0.3, -0.25) is 0 Å². The first kappa shape index (κ1) is 17.3. The minimum atomic E-state index is -0.0771. The molecule has 6 N–H and O–H groups in total. The Hall–Kier alpha value is -3.55. The molecule has 1 aromatic heterocycles. The van der Waals surface area contributed by atoms with E-state index in [0.717, 1.165) is 11.3 Å². The smallest absolute Gasteiger partial charge is 0.192 e. The number of nitrogens with zero attached hydrogens (tertiary/aromatic N) is 3. The van der Waals surface area contributed by atoms with E-state index >= 15 is 0 Å². The molecule has 0 saturated heterocycles. The summed E-state index contributed by atoms with van der Waals surface area (Å²) in [5.41, 5.74) is 19.1. The molecule has 1 heterocycles. The van der Waals surface area contributed by atoms with Gasteiger partial charge in [0.25, 0.3) is 0 Å². The predicted octanol–water partition coefficient (Wildman–Crippen LogP) is 1.72. The zero-order valence-corrected chi connectivity index (χ0v) is 14.6. The fraction of sp³-hybridized carbons (Fsp3) is 0.167. The van der Waals surface area contributed by atoms with Crippen LogP contribution in [0, 0.1) is 0 Å². The number of methoxy groups -OCH3 is 2. The van der Waals surface area contributed by atoms with E-state index in [1.54, 1.807) is 32.4 Å². The average molecular weight is 352 g/mol. The second-order valence-corrected chi connectivity index (χ2v) is 5.63. The number of aromatic nitrogens is 2. The molecule has 0 aliphatic heterocycles. The first-order valence-electron chi connectivity index (χ1n) is 7.87. The molecule has 3 aromatic rings. The number of anilines is 1. The summed E-state index contributed by atoms with van der Waals surface area (Å²) < 4.78 is 10.7. The van der Waals surface area contributed by atoms with Crippen molar-refractivity contribution in [1.29, 1.82) is 0 Å². The number of ether oxygens (including phenoxy) is 2. The van der Waals surface area contributed by atoms with Crippen LogP contribution in [0.3, 0.4) is 0 Å². The molecule has 0 amide bonds. The van der Waals surface area contributed by atoms with Crippen LogP contribution in [-0.2, 0) is 6.42 Å². The molecule has 8 heteroatoms. The molecule has 2 aromatic carbocycles. The van der Waals surface area contributed by atoms with Crippen LogP contribution in [0.1, 0.15) is 11.4 Å². The maximum absolute atomic E-state index is 5.88. The van der Waals surface area contributed by atoms with Crippen molar-refractivity contribution in [3.05, 3.63) is 47.8 Å². The van der Waals surface area contributed by atoms with Crippen LogP contribution in [-0.4, -0.2) is 30.1 Å². The molecule has 0 atom stereocenters. The Labute approximate surface area is 150 Å². The van der Waals surface area contributed by atoms with Gasteiger partial charge in [0.05, 0.1) is 19.7 Å². The second kappa shape index (κ2) is 7.14. The third-order valence-corrected chi connectivity index (χ3v) is 3.82. The number of nitrogens with two attached hydrogens (primary N) is 3. The Morgan fingerprint density at radius 2 is 1.85 bits per heavy atom. The molecule has 8 nitrogen and oxygen atoms in total. The maximum atomic E-state index is 5.88. The van der Waals surface area contributed by atoms with Gasteiger partial charge in [-0.25, -0.2) is 9.97 Å². The molecule has 0 radical (unpaired) electrons. The number of hydrogen-bond acceptors (Lipinski definition) is 6. The third-order valence-electron chi connectivity index (χ3n) is 3.82. The number of aliphatic imine (C=N–C) groups is 1. The third kappa shape index (κ3) is 3.59. The van der Waals surface area contributed by atoms with E-state index in [-0.39, 0.29) is 5.96 Å². The zero-order chi connectivity index (χ0) is 18.7. The van der Waals surface area contributed by atoms with Crippen LogP contribution in [0.5, 0.6) is 11.5 Å². The van der Waals surface area contributed by atoms with Gasteiger partial charge in [-0.1, -0.05) is 0 Å². The number of hydrogen-bond donors (Lipinski definition) is 3. The Bertz CT molecular complexity index is 983. The normalized spacial score (nSPS) is 10.5. The summed E-state index contributed by atoms with van der Waals surface area (Å²) in [7, 11) is 3.22. The summed E-state index contributed by atoms with van der Waals surface area (Å²) in [5, 5.41) is 0.717. The van der Waals surface area contributed by atoms with Gasteiger partial charge >= 0.3 is 0 Å². The van der Waals surface area contributed by atoms with Crippen molar-refractivity contribution in [3.63, 3.8) is 0 Å². The Balaban J connectivity index is 2.12. The number of benzene rings is 2. The molecule has 26 heavy (non-hydrogen) atoms. The summed E-state index contributed by atoms with van der Waals surface area (Å²) >= 11 is 0. The van der Waals surface area contributed by atoms with Crippen molar-refractivity contribution in [2.75, 3.05) is 20.0 Å². The second-order valence-electron chi connectivity index (χ2n) is 5.63. The van der Waals surface area contributed by atoms with Crippen molar-refractivity contribution in [1.82, 2.24) is 9.97 Å². The van der Waals surface area contributed by atoms with Crippen LogP contribution < -0.4 is 26.7 Å². The van der Waals surface area contributed by atoms with Gasteiger partial charge in [0.1, 0.15) is 17.3 Å². The summed E-state index contributed by atoms with van der Waals surface area (Å²) in [5.74, 6) is 2.29. The van der Waals surface area contributed by atoms with E-state index in [9.17, 15) is 0 Å². The van der Waals surface area contributed by atoms with Gasteiger partial charge in [-0.2, -0.15) is 4.99 Å². The van der Waals surface area contributed by atoms with E-state index in [2.05, 4.69) is 15.0 Å². The summed E-state index contributed by atoms with van der Waals surface area (Å²) in [6.45, 7) is 0. The van der Waals surface area contributed by atoms with Crippen LogP contribution in [0.2, 0.25) is 0 Å². The van der Waals surface area contributed by atoms with Crippen LogP contribution in [0.4, 0.5) is 11.5 Å². The number of nitrogen functional groups attached to an aromatic ring is 1. The summed E-state index contributed by atoms with van der Waals surface area (Å²) in [6.07, 6.45) is 0.415. The largest absolute Gasteiger partial charge is 0.497 e. The lowest BCUT2D eigenvalue weighted by Crippen LogP contribution is -2.22. The van der Waals surface area contributed by atoms with Gasteiger partial charge in [0.2, 0.25) is 0 Å². The highest BCUT2D eigenvalue weighted by atomic mass is 16.5. The molecule has 134 valence electrons. The number of guanidine groups is 1. The molecule has 0 fully saturated rings. The standard InChI is InChI=1S/C18H20N6O2/c1-25-12-4-6-15(26-2)10(7-12)8-16-22-14-9-11(19)3-5-13(14)17(23-16)24-18(20)21/h3-7,9H,8,19H2,1-2H3,(H4,20,21,22,23,24). The molecular formula is C18H20N6O2. The average Bonchev–Trinajstić information content (AvgIpc) is 2.60. The van der Waals surface area contributed by atoms with E-state index < -0.39 is 0 Å². The number of rotatable bonds is 5. The lowest BCUT2D eigenvalue weighted by Gasteiger charge is -2.11. The van der Waals surface area contributed by atoms with Crippen molar-refractivity contribution in [2.24, 2.45) is 16.5 Å². The van der Waals surface area contributed by atoms with E-state index in [0.29, 0.717) is 40.4 Å². The fourth-order valence-electron chi connectivity index (χ4n) is 2.65. The minimum absolute atomic E-state index is 0.0771. The number of fused-ring (bicyclic) bond motifs is 1. The molecular weight excluding hydrogens is 332 g/mol. The SMILES string of the molecule is COc1ccc(OC)c(Cc2nc(N=C(N)N)c3ccc(N)cc3n2)c1. The van der Waals surface area contributed by atoms with Crippen LogP contribution in [0.15, 0.2) is 41.4 Å². The van der Waals surface area contributed by atoms with Gasteiger partial charge in [0.15, 0.2) is 11.8 Å². The molecule has 0 aliphatic rings. The predicted molar refractivity (Wildman–Crippen MR) is 102 cm³/mol. The molecule has 0 unspecified atom stereocenters. The first-order chi connectivity index (χ1) is 12.5. The quantitative estimate of drug-likeness (QED) is 0.361. The summed E-state index contributed by atoms with van der Waals surface area (Å²) in [4.78, 5) is 13.2. The van der Waals surface area contributed by atoms with Crippen molar-refractivity contribution < 1.29 is 9.47 Å². The highest BCUT2D eigenvalue weighted by molar-refractivity contribution is 5.92. The fourth-order valence-corrected chi connectivity index (χ4v) is 2.65.